The molecular weight excluding hydrogens is 508 g/mol. The van der Waals surface area contributed by atoms with E-state index in [2.05, 4.69) is 53.5 Å². The maximum absolute atomic E-state index is 12.6. The van der Waals surface area contributed by atoms with Gasteiger partial charge < -0.3 is 15.0 Å². The third-order valence-corrected chi connectivity index (χ3v) is 6.64. The number of ether oxygens (including phenoxy) is 1. The largest absolute Gasteiger partial charge is 0.495 e. The highest BCUT2D eigenvalue weighted by molar-refractivity contribution is 7.80. The van der Waals surface area contributed by atoms with Crippen LogP contribution in [0.2, 0.25) is 5.02 Å². The number of carbonyl (C=O) groups is 1. The summed E-state index contributed by atoms with van der Waals surface area (Å²) in [6, 6.07) is 14.9. The van der Waals surface area contributed by atoms with Crippen LogP contribution in [0.25, 0.3) is 16.7 Å². The van der Waals surface area contributed by atoms with Gasteiger partial charge in [-0.2, -0.15) is 4.80 Å². The van der Waals surface area contributed by atoms with Crippen molar-refractivity contribution in [1.29, 1.82) is 0 Å². The molecule has 0 unspecified atom stereocenters. The Morgan fingerprint density at radius 2 is 1.73 bits per heavy atom. The molecule has 0 saturated heterocycles. The molecule has 4 rings (SSSR count). The summed E-state index contributed by atoms with van der Waals surface area (Å²) in [5.41, 5.74) is 6.66. The number of fused-ring (bicyclic) bond motifs is 1. The number of nitrogens with zero attached hydrogens (tertiary/aromatic N) is 4. The molecule has 0 aliphatic rings. The second kappa shape index (κ2) is 11.1. The number of nitrogens with one attached hydrogen (secondary N) is 2. The molecule has 0 atom stereocenters. The van der Waals surface area contributed by atoms with Crippen molar-refractivity contribution in [3.05, 3.63) is 70.2 Å². The first-order valence-electron chi connectivity index (χ1n) is 11.9. The molecule has 8 nitrogen and oxygen atoms in total. The van der Waals surface area contributed by atoms with Crippen LogP contribution < -0.4 is 20.3 Å². The van der Waals surface area contributed by atoms with Gasteiger partial charge in [-0.25, -0.2) is 0 Å². The maximum Gasteiger partial charge on any atom is 0.257 e. The number of aromatic nitrogens is 3. The molecule has 10 heteroatoms. The number of aryl methyl sites for hydroxylation is 2. The number of anilines is 2. The first-order chi connectivity index (χ1) is 17.7. The number of halogens is 1. The molecule has 0 bridgehead atoms. The summed E-state index contributed by atoms with van der Waals surface area (Å²) in [5, 5.41) is 15.7. The van der Waals surface area contributed by atoms with Gasteiger partial charge in [-0.15, -0.1) is 10.2 Å². The first kappa shape index (κ1) is 26.4. The number of thiocarbonyl (C=S) groups is 1. The number of hydrogen-bond acceptors (Lipinski definition) is 6. The van der Waals surface area contributed by atoms with Gasteiger partial charge in [0.1, 0.15) is 16.8 Å². The number of amides is 1. The van der Waals surface area contributed by atoms with Crippen LogP contribution in [0.15, 0.2) is 48.5 Å². The topological polar surface area (TPSA) is 84.3 Å². The van der Waals surface area contributed by atoms with Crippen molar-refractivity contribution in [3.8, 4) is 11.4 Å². The van der Waals surface area contributed by atoms with Crippen LogP contribution in [-0.4, -0.2) is 46.2 Å². The summed E-state index contributed by atoms with van der Waals surface area (Å²) in [7, 11) is 1.52. The van der Waals surface area contributed by atoms with Crippen molar-refractivity contribution in [2.45, 2.75) is 27.7 Å². The number of rotatable bonds is 7. The fourth-order valence-corrected chi connectivity index (χ4v) is 4.56. The van der Waals surface area contributed by atoms with Gasteiger partial charge >= 0.3 is 0 Å². The number of benzene rings is 3. The SMILES string of the molecule is CCN(CC)c1ccc(-n2nc3cc(C)c(NC(=S)NC(=O)c4ccc(OC)c(Cl)c4)cc3n2)c(C)c1. The van der Waals surface area contributed by atoms with E-state index in [1.54, 1.807) is 16.9 Å². The Labute approximate surface area is 226 Å². The average molecular weight is 537 g/mol. The van der Waals surface area contributed by atoms with Gasteiger partial charge in [0.25, 0.3) is 5.91 Å². The number of carbonyl (C=O) groups excluding carboxylic acids is 1. The Morgan fingerprint density at radius 1 is 1.03 bits per heavy atom. The lowest BCUT2D eigenvalue weighted by Crippen LogP contribution is -2.34. The minimum atomic E-state index is -0.379. The van der Waals surface area contributed by atoms with E-state index < -0.39 is 0 Å². The second-order valence-corrected chi connectivity index (χ2v) is 9.36. The highest BCUT2D eigenvalue weighted by Crippen LogP contribution is 2.26. The van der Waals surface area contributed by atoms with Crippen LogP contribution >= 0.6 is 23.8 Å². The van der Waals surface area contributed by atoms with Crippen molar-refractivity contribution >= 4 is 57.2 Å². The summed E-state index contributed by atoms with van der Waals surface area (Å²) in [6.07, 6.45) is 0. The van der Waals surface area contributed by atoms with E-state index in [9.17, 15) is 4.79 Å². The molecule has 1 aromatic heterocycles. The lowest BCUT2D eigenvalue weighted by Gasteiger charge is -2.22. The highest BCUT2D eigenvalue weighted by Gasteiger charge is 2.14. The molecule has 0 radical (unpaired) electrons. The van der Waals surface area contributed by atoms with Gasteiger partial charge in [0, 0.05) is 30.0 Å². The molecule has 3 aromatic carbocycles. The number of hydrogen-bond donors (Lipinski definition) is 2. The van der Waals surface area contributed by atoms with Gasteiger partial charge in [0.05, 0.1) is 17.8 Å². The predicted octanol–water partition coefficient (Wildman–Crippen LogP) is 5.67. The van der Waals surface area contributed by atoms with Crippen LogP contribution in [-0.2, 0) is 0 Å². The lowest BCUT2D eigenvalue weighted by molar-refractivity contribution is 0.0977. The quantitative estimate of drug-likeness (QED) is 0.294. The molecule has 0 aliphatic heterocycles. The van der Waals surface area contributed by atoms with Crippen LogP contribution in [0.3, 0.4) is 0 Å². The highest BCUT2D eigenvalue weighted by atomic mass is 35.5. The zero-order chi connectivity index (χ0) is 26.7. The van der Waals surface area contributed by atoms with E-state index in [-0.39, 0.29) is 11.0 Å². The molecule has 0 spiro atoms. The standard InChI is InChI=1S/C27H29ClN6O2S/c1-6-33(7-2)19-9-10-24(17(4)12-19)34-31-22-13-16(3)21(15-23(22)32-34)29-27(37)30-26(35)18-8-11-25(36-5)20(28)14-18/h8-15H,6-7H2,1-5H3,(H2,29,30,35,37). The Kier molecular flexibility index (Phi) is 7.94. The summed E-state index contributed by atoms with van der Waals surface area (Å²) < 4.78 is 5.13. The molecule has 1 heterocycles. The monoisotopic (exact) mass is 536 g/mol. The third kappa shape index (κ3) is 5.68. The molecule has 0 fully saturated rings. The van der Waals surface area contributed by atoms with E-state index in [4.69, 9.17) is 33.7 Å². The molecule has 192 valence electrons. The fourth-order valence-electron chi connectivity index (χ4n) is 4.10. The van der Waals surface area contributed by atoms with Crippen molar-refractivity contribution in [2.75, 3.05) is 30.4 Å². The van der Waals surface area contributed by atoms with Gasteiger partial charge in [-0.1, -0.05) is 11.6 Å². The van der Waals surface area contributed by atoms with Crippen LogP contribution in [0.4, 0.5) is 11.4 Å². The summed E-state index contributed by atoms with van der Waals surface area (Å²) in [5.74, 6) is 0.112. The lowest BCUT2D eigenvalue weighted by atomic mass is 10.1. The Bertz CT molecular complexity index is 1480. The Hall–Kier alpha value is -3.69. The van der Waals surface area contributed by atoms with E-state index in [0.717, 1.165) is 41.1 Å². The maximum atomic E-state index is 12.6. The molecule has 37 heavy (non-hydrogen) atoms. The molecular formula is C27H29ClN6O2S. The second-order valence-electron chi connectivity index (χ2n) is 8.55. The van der Waals surface area contributed by atoms with Crippen molar-refractivity contribution in [2.24, 2.45) is 0 Å². The smallest absolute Gasteiger partial charge is 0.257 e. The summed E-state index contributed by atoms with van der Waals surface area (Å²) in [4.78, 5) is 16.6. The molecule has 4 aromatic rings. The van der Waals surface area contributed by atoms with E-state index in [1.165, 1.54) is 18.9 Å². The van der Waals surface area contributed by atoms with Gasteiger partial charge in [-0.3, -0.25) is 10.1 Å². The molecule has 2 N–H and O–H groups in total. The molecule has 0 saturated carbocycles. The van der Waals surface area contributed by atoms with Crippen molar-refractivity contribution < 1.29 is 9.53 Å². The van der Waals surface area contributed by atoms with Crippen molar-refractivity contribution in [1.82, 2.24) is 20.3 Å². The zero-order valence-electron chi connectivity index (χ0n) is 21.4. The normalized spacial score (nSPS) is 10.9. The number of methoxy groups -OCH3 is 1. The molecule has 0 aliphatic carbocycles. The van der Waals surface area contributed by atoms with Crippen LogP contribution in [0.5, 0.6) is 5.75 Å². The Balaban J connectivity index is 1.52. The fraction of sp³-hybridized carbons (Fsp3) is 0.259. The first-order valence-corrected chi connectivity index (χ1v) is 12.7. The van der Waals surface area contributed by atoms with Crippen LogP contribution in [0.1, 0.15) is 35.3 Å². The Morgan fingerprint density at radius 3 is 2.35 bits per heavy atom. The minimum Gasteiger partial charge on any atom is -0.495 e. The van der Waals surface area contributed by atoms with Crippen molar-refractivity contribution in [3.63, 3.8) is 0 Å². The van der Waals surface area contributed by atoms with Gasteiger partial charge in [0.15, 0.2) is 5.11 Å². The van der Waals surface area contributed by atoms with E-state index in [0.29, 0.717) is 21.9 Å². The minimum absolute atomic E-state index is 0.162. The van der Waals surface area contributed by atoms with Gasteiger partial charge in [0.2, 0.25) is 0 Å². The third-order valence-electron chi connectivity index (χ3n) is 6.14. The predicted molar refractivity (Wildman–Crippen MR) is 154 cm³/mol. The average Bonchev–Trinajstić information content (AvgIpc) is 3.27. The van der Waals surface area contributed by atoms with Gasteiger partial charge in [-0.05, 0) is 99.6 Å². The van der Waals surface area contributed by atoms with Crippen LogP contribution in [0, 0.1) is 13.8 Å². The van der Waals surface area contributed by atoms with E-state index >= 15 is 0 Å². The summed E-state index contributed by atoms with van der Waals surface area (Å²) >= 11 is 11.5. The summed E-state index contributed by atoms with van der Waals surface area (Å²) in [6.45, 7) is 10.2. The zero-order valence-corrected chi connectivity index (χ0v) is 23.0. The molecule has 1 amide bonds. The van der Waals surface area contributed by atoms with E-state index in [1.807, 2.05) is 25.1 Å².